The third kappa shape index (κ3) is 6.38. The zero-order chi connectivity index (χ0) is 29.7. The van der Waals surface area contributed by atoms with Crippen molar-refractivity contribution in [3.63, 3.8) is 0 Å². The van der Waals surface area contributed by atoms with Crippen LogP contribution in [0, 0.1) is 6.92 Å². The summed E-state index contributed by atoms with van der Waals surface area (Å²) in [6.07, 6.45) is 4.91. The maximum absolute atomic E-state index is 13.9. The lowest BCUT2D eigenvalue weighted by molar-refractivity contribution is 0.00390. The van der Waals surface area contributed by atoms with E-state index in [-0.39, 0.29) is 12.1 Å². The molecule has 218 valence electrons. The molecule has 3 aromatic heterocycles. The minimum absolute atomic E-state index is 0.0831. The van der Waals surface area contributed by atoms with Crippen LogP contribution >= 0.6 is 0 Å². The lowest BCUT2D eigenvalue weighted by atomic mass is 10.2. The molecule has 41 heavy (non-hydrogen) atoms. The van der Waals surface area contributed by atoms with Gasteiger partial charge < -0.3 is 18.9 Å². The van der Waals surface area contributed by atoms with E-state index in [0.717, 1.165) is 5.56 Å². The Morgan fingerprint density at radius 1 is 0.902 bits per heavy atom. The molecule has 0 spiro atoms. The fourth-order valence-corrected chi connectivity index (χ4v) is 5.26. The summed E-state index contributed by atoms with van der Waals surface area (Å²) in [4.78, 5) is 12.8. The minimum atomic E-state index is -4.16. The Hall–Kier alpha value is -4.30. The summed E-state index contributed by atoms with van der Waals surface area (Å²) in [5.74, 6) is 1.36. The van der Waals surface area contributed by atoms with Gasteiger partial charge in [-0.15, -0.1) is 10.2 Å². The van der Waals surface area contributed by atoms with E-state index < -0.39 is 21.4 Å². The number of rotatable bonds is 12. The van der Waals surface area contributed by atoms with E-state index in [4.69, 9.17) is 18.9 Å². The second kappa shape index (κ2) is 12.5. The zero-order valence-corrected chi connectivity index (χ0v) is 24.7. The summed E-state index contributed by atoms with van der Waals surface area (Å²) in [7, 11) is 0.318. The molecule has 0 radical (unpaired) electrons. The van der Waals surface area contributed by atoms with Crippen LogP contribution in [0.4, 0.5) is 5.95 Å². The van der Waals surface area contributed by atoms with Crippen LogP contribution in [0.2, 0.25) is 0 Å². The van der Waals surface area contributed by atoms with Crippen molar-refractivity contribution in [3.05, 3.63) is 60.3 Å². The Bertz CT molecular complexity index is 1570. The summed E-state index contributed by atoms with van der Waals surface area (Å²) in [5, 5.41) is 7.44. The van der Waals surface area contributed by atoms with Crippen LogP contribution in [-0.4, -0.2) is 70.8 Å². The first-order valence-corrected chi connectivity index (χ1v) is 14.3. The van der Waals surface area contributed by atoms with Gasteiger partial charge in [-0.1, -0.05) is 6.07 Å². The van der Waals surface area contributed by atoms with Gasteiger partial charge in [0.25, 0.3) is 0 Å². The normalized spacial score (nSPS) is 13.1. The van der Waals surface area contributed by atoms with E-state index in [2.05, 4.69) is 29.9 Å². The molecule has 14 heteroatoms. The number of hydrogen-bond donors (Lipinski definition) is 1. The first-order valence-electron chi connectivity index (χ1n) is 12.7. The molecule has 3 heterocycles. The number of hydrogen-bond acceptors (Lipinski definition) is 11. The molecule has 4 rings (SSSR count). The number of anilines is 1. The Balaban J connectivity index is 1.83. The number of benzene rings is 1. The third-order valence-corrected chi connectivity index (χ3v) is 7.83. The lowest BCUT2D eigenvalue weighted by Gasteiger charge is -2.26. The molecule has 0 saturated carbocycles. The average molecular weight is 584 g/mol. The van der Waals surface area contributed by atoms with E-state index in [9.17, 15) is 8.42 Å². The maximum atomic E-state index is 13.9. The second-order valence-corrected chi connectivity index (χ2v) is 11.4. The van der Waals surface area contributed by atoms with E-state index in [1.807, 2.05) is 26.8 Å². The molecular formula is C27H33N7O6S. The standard InChI is InChI=1S/C27H33N7O6S/c1-16(2)40-25(20-14-30-23(39-7)15-29-20)18(4)41(35,36)33-27-32-31-26(19-11-17(3)12-28-13-19)34(27)24-21(37-5)9-8-10-22(24)38-6/h8-16,18,25H,1-7H3,(H,32,33). The molecular weight excluding hydrogens is 550 g/mol. The molecule has 1 N–H and O–H groups in total. The molecule has 0 aliphatic carbocycles. The molecule has 1 aromatic carbocycles. The van der Waals surface area contributed by atoms with Crippen LogP contribution in [0.1, 0.15) is 38.1 Å². The van der Waals surface area contributed by atoms with Crippen molar-refractivity contribution >= 4 is 16.0 Å². The monoisotopic (exact) mass is 583 g/mol. The molecule has 0 saturated heterocycles. The van der Waals surface area contributed by atoms with Gasteiger partial charge in [-0.3, -0.25) is 19.3 Å². The SMILES string of the molecule is COc1cnc(C(OC(C)C)C(C)S(=O)(=O)Nc2nnc(-c3cncc(C)c3)n2-c2c(OC)cccc2OC)cn1. The predicted octanol–water partition coefficient (Wildman–Crippen LogP) is 3.75. The second-order valence-electron chi connectivity index (χ2n) is 9.39. The van der Waals surface area contributed by atoms with Crippen LogP contribution in [0.15, 0.2) is 49.1 Å². The number of aryl methyl sites for hydroxylation is 1. The summed E-state index contributed by atoms with van der Waals surface area (Å²) in [6.45, 7) is 7.03. The summed E-state index contributed by atoms with van der Waals surface area (Å²) in [5.41, 5.74) is 2.23. The van der Waals surface area contributed by atoms with Crippen molar-refractivity contribution < 1.29 is 27.4 Å². The highest BCUT2D eigenvalue weighted by molar-refractivity contribution is 7.93. The van der Waals surface area contributed by atoms with Crippen molar-refractivity contribution in [2.75, 3.05) is 26.1 Å². The van der Waals surface area contributed by atoms with E-state index >= 15 is 0 Å². The number of methoxy groups -OCH3 is 3. The van der Waals surface area contributed by atoms with Gasteiger partial charge in [0.2, 0.25) is 21.9 Å². The molecule has 0 fully saturated rings. The zero-order valence-electron chi connectivity index (χ0n) is 23.9. The number of pyridine rings is 1. The maximum Gasteiger partial charge on any atom is 0.243 e. The first-order chi connectivity index (χ1) is 19.6. The van der Waals surface area contributed by atoms with Crippen LogP contribution in [-0.2, 0) is 14.8 Å². The van der Waals surface area contributed by atoms with Gasteiger partial charge in [0.1, 0.15) is 28.5 Å². The van der Waals surface area contributed by atoms with Gasteiger partial charge in [0, 0.05) is 18.0 Å². The molecule has 0 aliphatic heterocycles. The van der Waals surface area contributed by atoms with E-state index in [1.165, 1.54) is 45.2 Å². The largest absolute Gasteiger partial charge is 0.494 e. The first kappa shape index (κ1) is 29.7. The Morgan fingerprint density at radius 3 is 2.17 bits per heavy atom. The highest BCUT2D eigenvalue weighted by Crippen LogP contribution is 2.38. The van der Waals surface area contributed by atoms with Crippen molar-refractivity contribution in [2.45, 2.75) is 45.2 Å². The number of para-hydroxylation sites is 1. The Kier molecular flexibility index (Phi) is 9.03. The summed E-state index contributed by atoms with van der Waals surface area (Å²) < 4.78 is 54.3. The molecule has 2 atom stereocenters. The fourth-order valence-electron chi connectivity index (χ4n) is 4.15. The highest BCUT2D eigenvalue weighted by Gasteiger charge is 2.35. The molecule has 13 nitrogen and oxygen atoms in total. The number of nitrogens with zero attached hydrogens (tertiary/aromatic N) is 6. The van der Waals surface area contributed by atoms with Crippen LogP contribution in [0.5, 0.6) is 17.4 Å². The summed E-state index contributed by atoms with van der Waals surface area (Å²) >= 11 is 0. The van der Waals surface area contributed by atoms with Gasteiger partial charge in [0.05, 0.1) is 45.5 Å². The van der Waals surface area contributed by atoms with Crippen molar-refractivity contribution in [1.82, 2.24) is 29.7 Å². The van der Waals surface area contributed by atoms with Gasteiger partial charge in [0.15, 0.2) is 5.82 Å². The summed E-state index contributed by atoms with van der Waals surface area (Å²) in [6, 6.07) is 7.08. The molecule has 0 aliphatic rings. The van der Waals surface area contributed by atoms with Crippen molar-refractivity contribution in [1.29, 1.82) is 0 Å². The third-order valence-electron chi connectivity index (χ3n) is 6.14. The number of nitrogens with one attached hydrogen (secondary N) is 1. The van der Waals surface area contributed by atoms with Gasteiger partial charge >= 0.3 is 0 Å². The molecule has 4 aromatic rings. The van der Waals surface area contributed by atoms with Gasteiger partial charge in [-0.2, -0.15) is 0 Å². The van der Waals surface area contributed by atoms with Crippen LogP contribution in [0.3, 0.4) is 0 Å². The Morgan fingerprint density at radius 2 is 1.61 bits per heavy atom. The van der Waals surface area contributed by atoms with E-state index in [1.54, 1.807) is 30.6 Å². The van der Waals surface area contributed by atoms with Crippen LogP contribution in [0.25, 0.3) is 17.1 Å². The quantitative estimate of drug-likeness (QED) is 0.259. The minimum Gasteiger partial charge on any atom is -0.494 e. The number of aromatic nitrogens is 6. The number of ether oxygens (including phenoxy) is 4. The van der Waals surface area contributed by atoms with Gasteiger partial charge in [-0.25, -0.2) is 13.4 Å². The lowest BCUT2D eigenvalue weighted by Crippen LogP contribution is -2.34. The predicted molar refractivity (Wildman–Crippen MR) is 152 cm³/mol. The smallest absolute Gasteiger partial charge is 0.243 e. The van der Waals surface area contributed by atoms with Crippen molar-refractivity contribution in [3.8, 4) is 34.5 Å². The highest BCUT2D eigenvalue weighted by atomic mass is 32.2. The number of sulfonamides is 1. The molecule has 0 amide bonds. The molecule has 2 unspecified atom stereocenters. The van der Waals surface area contributed by atoms with Gasteiger partial charge in [-0.05, 0) is 51.5 Å². The topological polar surface area (TPSA) is 152 Å². The average Bonchev–Trinajstić information content (AvgIpc) is 3.37. The fraction of sp³-hybridized carbons (Fsp3) is 0.370. The van der Waals surface area contributed by atoms with Crippen LogP contribution < -0.4 is 18.9 Å². The van der Waals surface area contributed by atoms with Crippen molar-refractivity contribution in [2.24, 2.45) is 0 Å². The molecule has 0 bridgehead atoms. The Labute approximate surface area is 239 Å². The van der Waals surface area contributed by atoms with E-state index in [0.29, 0.717) is 40.1 Å².